The topological polar surface area (TPSA) is 103 Å². The Morgan fingerprint density at radius 3 is 2.61 bits per heavy atom. The Balaban J connectivity index is 0.000000601. The van der Waals surface area contributed by atoms with E-state index in [-0.39, 0.29) is 12.5 Å². The minimum Gasteiger partial charge on any atom is -0.483 e. The number of amides is 1. The van der Waals surface area contributed by atoms with Gasteiger partial charge in [0.1, 0.15) is 30.0 Å². The van der Waals surface area contributed by atoms with E-state index < -0.39 is 23.6 Å². The van der Waals surface area contributed by atoms with E-state index in [9.17, 15) is 13.6 Å². The number of carboxylic acid groups (broad SMARTS) is 1. The van der Waals surface area contributed by atoms with Crippen molar-refractivity contribution in [3.05, 3.63) is 42.0 Å². The highest BCUT2D eigenvalue weighted by molar-refractivity contribution is 6.10. The van der Waals surface area contributed by atoms with Crippen molar-refractivity contribution in [2.24, 2.45) is 5.10 Å². The molecule has 1 aliphatic carbocycles. The normalized spacial score (nSPS) is 18.9. The summed E-state index contributed by atoms with van der Waals surface area (Å²) in [6.07, 6.45) is 3.22. The number of halogens is 2. The van der Waals surface area contributed by atoms with E-state index in [1.54, 1.807) is 13.0 Å². The Morgan fingerprint density at radius 2 is 1.97 bits per heavy atom. The van der Waals surface area contributed by atoms with Crippen LogP contribution in [0.3, 0.4) is 0 Å². The van der Waals surface area contributed by atoms with Gasteiger partial charge in [-0.05, 0) is 50.5 Å². The zero-order chi connectivity index (χ0) is 23.7. The summed E-state index contributed by atoms with van der Waals surface area (Å²) in [4.78, 5) is 23.0. The van der Waals surface area contributed by atoms with Crippen LogP contribution in [0.4, 0.5) is 20.2 Å². The summed E-state index contributed by atoms with van der Waals surface area (Å²) in [5.41, 5.74) is 4.82. The third-order valence-corrected chi connectivity index (χ3v) is 5.74. The highest BCUT2D eigenvalue weighted by atomic mass is 19.1. The number of hydrazone groups is 1. The first-order valence-corrected chi connectivity index (χ1v) is 10.6. The van der Waals surface area contributed by atoms with Gasteiger partial charge in [0.2, 0.25) is 0 Å². The Bertz CT molecular complexity index is 1130. The summed E-state index contributed by atoms with van der Waals surface area (Å²) < 4.78 is 33.9. The highest BCUT2D eigenvalue weighted by Crippen LogP contribution is 2.44. The number of hydrogen-bond donors (Lipinski definition) is 3. The summed E-state index contributed by atoms with van der Waals surface area (Å²) in [6, 6.07) is 7.03. The average Bonchev–Trinajstić information content (AvgIpc) is 2.72. The summed E-state index contributed by atoms with van der Waals surface area (Å²) in [5.74, 6) is -1.15. The van der Waals surface area contributed by atoms with E-state index in [4.69, 9.17) is 14.6 Å². The van der Waals surface area contributed by atoms with E-state index in [0.29, 0.717) is 34.4 Å². The molecule has 1 amide bonds. The number of anilines is 2. The molecule has 0 radical (unpaired) electrons. The molecule has 0 bridgehead atoms. The predicted octanol–water partition coefficient (Wildman–Crippen LogP) is 3.72. The van der Waals surface area contributed by atoms with Gasteiger partial charge in [-0.15, -0.1) is 0 Å². The summed E-state index contributed by atoms with van der Waals surface area (Å²) in [6.45, 7) is 3.07. The SMILES string of the molecule is CC(=O)O.C[C@@H]1C(=O)NN=C2COc3cc(-c4ccc(F)cc4F)c(NC4CCC4)cc3N21. The lowest BCUT2D eigenvalue weighted by Crippen LogP contribution is -2.55. The second-order valence-electron chi connectivity index (χ2n) is 8.12. The lowest BCUT2D eigenvalue weighted by molar-refractivity contribution is -0.134. The van der Waals surface area contributed by atoms with Gasteiger partial charge in [0.05, 0.1) is 5.69 Å². The number of fused-ring (bicyclic) bond motifs is 3. The molecule has 10 heteroatoms. The summed E-state index contributed by atoms with van der Waals surface area (Å²) in [7, 11) is 0. The van der Waals surface area contributed by atoms with E-state index in [1.807, 2.05) is 11.0 Å². The number of aliphatic carboxylic acids is 1. The largest absolute Gasteiger partial charge is 0.483 e. The zero-order valence-electron chi connectivity index (χ0n) is 18.2. The number of amidine groups is 1. The quantitative estimate of drug-likeness (QED) is 0.648. The fourth-order valence-electron chi connectivity index (χ4n) is 3.89. The van der Waals surface area contributed by atoms with E-state index in [2.05, 4.69) is 15.8 Å². The Kier molecular flexibility index (Phi) is 6.17. The predicted molar refractivity (Wildman–Crippen MR) is 119 cm³/mol. The third kappa shape index (κ3) is 4.59. The van der Waals surface area contributed by atoms with Gasteiger partial charge in [-0.3, -0.25) is 9.59 Å². The van der Waals surface area contributed by atoms with Crippen molar-refractivity contribution in [1.82, 2.24) is 5.43 Å². The lowest BCUT2D eigenvalue weighted by atomic mass is 9.91. The second kappa shape index (κ2) is 9.05. The average molecular weight is 458 g/mol. The van der Waals surface area contributed by atoms with Gasteiger partial charge >= 0.3 is 0 Å². The van der Waals surface area contributed by atoms with Crippen LogP contribution >= 0.6 is 0 Å². The van der Waals surface area contributed by atoms with Crippen LogP contribution in [-0.2, 0) is 9.59 Å². The van der Waals surface area contributed by atoms with Gasteiger partial charge in [-0.1, -0.05) is 0 Å². The maximum absolute atomic E-state index is 14.6. The molecular formula is C23H24F2N4O4. The first-order chi connectivity index (χ1) is 15.7. The molecule has 2 aromatic carbocycles. The standard InChI is InChI=1S/C21H20F2N4O2.C2H4O2/c1-11-21(28)26-25-20-10-29-19-8-15(14-6-5-12(22)7-16(14)23)17(9-18(19)27(11)20)24-13-3-2-4-13;1-2(3)4/h5-9,11,13,24H,2-4,10H2,1H3,(H,26,28);1H3,(H,3,4)/t11-;/m1./s1. The van der Waals surface area contributed by atoms with Crippen molar-refractivity contribution in [1.29, 1.82) is 0 Å². The van der Waals surface area contributed by atoms with Crippen molar-refractivity contribution < 1.29 is 28.2 Å². The van der Waals surface area contributed by atoms with Crippen LogP contribution in [-0.4, -0.2) is 41.5 Å². The van der Waals surface area contributed by atoms with Crippen LogP contribution in [0.2, 0.25) is 0 Å². The molecule has 5 rings (SSSR count). The van der Waals surface area contributed by atoms with Gasteiger partial charge in [0, 0.05) is 35.8 Å². The van der Waals surface area contributed by atoms with Crippen LogP contribution in [0, 0.1) is 11.6 Å². The number of nitrogens with one attached hydrogen (secondary N) is 2. The summed E-state index contributed by atoms with van der Waals surface area (Å²) >= 11 is 0. The van der Waals surface area contributed by atoms with Gasteiger partial charge in [0.25, 0.3) is 11.9 Å². The van der Waals surface area contributed by atoms with Crippen molar-refractivity contribution in [2.75, 3.05) is 16.8 Å². The van der Waals surface area contributed by atoms with E-state index >= 15 is 0 Å². The molecule has 0 saturated heterocycles. The van der Waals surface area contributed by atoms with Gasteiger partial charge in [-0.25, -0.2) is 14.2 Å². The summed E-state index contributed by atoms with van der Waals surface area (Å²) in [5, 5.41) is 15.0. The molecule has 0 aromatic heterocycles. The zero-order valence-corrected chi connectivity index (χ0v) is 18.2. The fourth-order valence-corrected chi connectivity index (χ4v) is 3.89. The smallest absolute Gasteiger partial charge is 0.300 e. The molecule has 1 fully saturated rings. The number of rotatable bonds is 3. The van der Waals surface area contributed by atoms with Crippen LogP contribution < -0.4 is 20.4 Å². The third-order valence-electron chi connectivity index (χ3n) is 5.74. The number of carbonyl (C=O) groups is 2. The van der Waals surface area contributed by atoms with Crippen molar-refractivity contribution in [3.8, 4) is 16.9 Å². The second-order valence-corrected chi connectivity index (χ2v) is 8.12. The monoisotopic (exact) mass is 458 g/mol. The molecule has 8 nitrogen and oxygen atoms in total. The van der Waals surface area contributed by atoms with Crippen LogP contribution in [0.15, 0.2) is 35.4 Å². The molecule has 0 unspecified atom stereocenters. The molecule has 1 atom stereocenters. The molecule has 33 heavy (non-hydrogen) atoms. The molecule has 2 aromatic rings. The van der Waals surface area contributed by atoms with Gasteiger partial charge in [-0.2, -0.15) is 5.10 Å². The van der Waals surface area contributed by atoms with Crippen LogP contribution in [0.1, 0.15) is 33.1 Å². The molecule has 3 aliphatic rings. The maximum atomic E-state index is 14.6. The number of nitrogens with zero attached hydrogens (tertiary/aromatic N) is 2. The number of carbonyl (C=O) groups excluding carboxylic acids is 1. The lowest BCUT2D eigenvalue weighted by Gasteiger charge is -2.39. The maximum Gasteiger partial charge on any atom is 0.300 e. The van der Waals surface area contributed by atoms with Crippen molar-refractivity contribution in [3.63, 3.8) is 0 Å². The number of hydrogen-bond acceptors (Lipinski definition) is 6. The van der Waals surface area contributed by atoms with Crippen molar-refractivity contribution >= 4 is 29.1 Å². The van der Waals surface area contributed by atoms with Crippen LogP contribution in [0.25, 0.3) is 11.1 Å². The van der Waals surface area contributed by atoms with Crippen molar-refractivity contribution in [2.45, 2.75) is 45.2 Å². The minimum absolute atomic E-state index is 0.193. The molecule has 2 aliphatic heterocycles. The van der Waals surface area contributed by atoms with Crippen LogP contribution in [0.5, 0.6) is 5.75 Å². The molecule has 3 N–H and O–H groups in total. The Morgan fingerprint density at radius 1 is 1.24 bits per heavy atom. The minimum atomic E-state index is -0.833. The Hall–Kier alpha value is -3.69. The number of carboxylic acids is 1. The number of benzene rings is 2. The van der Waals surface area contributed by atoms with Gasteiger partial charge < -0.3 is 20.1 Å². The molecule has 2 heterocycles. The van der Waals surface area contributed by atoms with Gasteiger partial charge in [0.15, 0.2) is 5.84 Å². The van der Waals surface area contributed by atoms with E-state index in [1.165, 1.54) is 12.1 Å². The molecule has 0 spiro atoms. The first-order valence-electron chi connectivity index (χ1n) is 10.6. The Labute approximate surface area is 189 Å². The molecule has 174 valence electrons. The fraction of sp³-hybridized carbons (Fsp3) is 0.348. The molecule has 1 saturated carbocycles. The molecular weight excluding hydrogens is 434 g/mol. The first kappa shape index (κ1) is 22.5. The number of ether oxygens (including phenoxy) is 1. The van der Waals surface area contributed by atoms with E-state index in [0.717, 1.165) is 37.9 Å². The highest BCUT2D eigenvalue weighted by Gasteiger charge is 2.36.